The summed E-state index contributed by atoms with van der Waals surface area (Å²) < 4.78 is 22.7. The van der Waals surface area contributed by atoms with E-state index in [0.29, 0.717) is 23.9 Å². The molecule has 9 nitrogen and oxygen atoms in total. The first-order valence-corrected chi connectivity index (χ1v) is 29.3. The highest BCUT2D eigenvalue weighted by molar-refractivity contribution is 5.70. The quantitative estimate of drug-likeness (QED) is 0.0195. The maximum absolute atomic E-state index is 12.8. The summed E-state index contributed by atoms with van der Waals surface area (Å²) in [6.07, 6.45) is 55.7. The van der Waals surface area contributed by atoms with Gasteiger partial charge in [-0.3, -0.25) is 9.59 Å². The van der Waals surface area contributed by atoms with Crippen LogP contribution < -0.4 is 5.11 Å². The maximum Gasteiger partial charge on any atom is 0.306 e. The molecule has 0 aliphatic rings. The van der Waals surface area contributed by atoms with Crippen LogP contribution in [0.3, 0.4) is 0 Å². The van der Waals surface area contributed by atoms with Gasteiger partial charge >= 0.3 is 11.9 Å². The van der Waals surface area contributed by atoms with Crippen LogP contribution in [0, 0.1) is 0 Å². The van der Waals surface area contributed by atoms with Crippen LogP contribution in [0.4, 0.5) is 0 Å². The second-order valence-electron chi connectivity index (χ2n) is 21.3. The zero-order valence-corrected chi connectivity index (χ0v) is 45.8. The van der Waals surface area contributed by atoms with Gasteiger partial charge in [0, 0.05) is 12.8 Å². The molecule has 402 valence electrons. The number of aliphatic carboxylic acids is 1. The Morgan fingerprint density at radius 2 is 0.750 bits per heavy atom. The third-order valence-electron chi connectivity index (χ3n) is 13.3. The molecular weight excluding hydrogens is 851 g/mol. The number of carbonyl (C=O) groups is 3. The summed E-state index contributed by atoms with van der Waals surface area (Å²) in [5, 5.41) is 11.7. The van der Waals surface area contributed by atoms with Crippen molar-refractivity contribution in [3.05, 3.63) is 12.2 Å². The SMILES string of the molecule is CCCCCC/C=C\CCCCCCCC(=O)OC(COC(=O)CCCCCCCCCCCCCCCCCCCCCCCCCCCCCCCC)COC(OCC[N+](C)(C)C)C(=O)[O-]. The minimum atomic E-state index is -1.62. The van der Waals surface area contributed by atoms with Crippen LogP contribution in [0.25, 0.3) is 0 Å². The summed E-state index contributed by atoms with van der Waals surface area (Å²) in [6.45, 7) is 4.76. The Hall–Kier alpha value is -1.97. The molecular formula is C59H113NO8. The van der Waals surface area contributed by atoms with Gasteiger partial charge in [-0.1, -0.05) is 251 Å². The van der Waals surface area contributed by atoms with E-state index in [1.807, 2.05) is 21.1 Å². The van der Waals surface area contributed by atoms with Crippen LogP contribution in [-0.2, 0) is 33.3 Å². The summed E-state index contributed by atoms with van der Waals surface area (Å²) >= 11 is 0. The Balaban J connectivity index is 4.04. The molecule has 0 N–H and O–H groups in total. The largest absolute Gasteiger partial charge is 0.545 e. The van der Waals surface area contributed by atoms with E-state index in [-0.39, 0.29) is 32.2 Å². The van der Waals surface area contributed by atoms with Crippen molar-refractivity contribution >= 4 is 17.9 Å². The second kappa shape index (κ2) is 51.4. The number of unbranched alkanes of at least 4 members (excludes halogenated alkanes) is 38. The van der Waals surface area contributed by atoms with Gasteiger partial charge in [-0.15, -0.1) is 0 Å². The molecule has 0 amide bonds. The topological polar surface area (TPSA) is 111 Å². The number of hydrogen-bond donors (Lipinski definition) is 0. The van der Waals surface area contributed by atoms with Crippen molar-refractivity contribution in [3.8, 4) is 0 Å². The van der Waals surface area contributed by atoms with Gasteiger partial charge in [0.05, 0.1) is 40.3 Å². The summed E-state index contributed by atoms with van der Waals surface area (Å²) in [6, 6.07) is 0. The lowest BCUT2D eigenvalue weighted by Gasteiger charge is -2.26. The van der Waals surface area contributed by atoms with Crippen LogP contribution in [0.15, 0.2) is 12.2 Å². The molecule has 68 heavy (non-hydrogen) atoms. The molecule has 0 saturated carbocycles. The van der Waals surface area contributed by atoms with Crippen molar-refractivity contribution in [2.75, 3.05) is 47.5 Å². The zero-order chi connectivity index (χ0) is 49.9. The number of rotatable bonds is 55. The number of ether oxygens (including phenoxy) is 4. The highest BCUT2D eigenvalue weighted by Gasteiger charge is 2.22. The molecule has 0 rings (SSSR count). The van der Waals surface area contributed by atoms with Gasteiger partial charge in [-0.25, -0.2) is 0 Å². The first-order chi connectivity index (χ1) is 33.1. The molecule has 0 spiro atoms. The smallest absolute Gasteiger partial charge is 0.306 e. The molecule has 0 aromatic heterocycles. The van der Waals surface area contributed by atoms with Crippen molar-refractivity contribution in [1.82, 2.24) is 0 Å². The van der Waals surface area contributed by atoms with E-state index in [0.717, 1.165) is 51.4 Å². The lowest BCUT2D eigenvalue weighted by atomic mass is 10.0. The Morgan fingerprint density at radius 3 is 1.10 bits per heavy atom. The van der Waals surface area contributed by atoms with Crippen molar-refractivity contribution in [2.45, 2.75) is 302 Å². The molecule has 0 aromatic rings. The predicted octanol–water partition coefficient (Wildman–Crippen LogP) is 15.6. The molecule has 2 unspecified atom stereocenters. The molecule has 0 bridgehead atoms. The number of esters is 2. The Bertz CT molecular complexity index is 1120. The highest BCUT2D eigenvalue weighted by Crippen LogP contribution is 2.18. The van der Waals surface area contributed by atoms with Gasteiger partial charge in [0.1, 0.15) is 13.2 Å². The first kappa shape index (κ1) is 66.0. The maximum atomic E-state index is 12.8. The van der Waals surface area contributed by atoms with E-state index in [1.165, 1.54) is 205 Å². The molecule has 2 atom stereocenters. The number of hydrogen-bond acceptors (Lipinski definition) is 8. The lowest BCUT2D eigenvalue weighted by molar-refractivity contribution is -0.870. The predicted molar refractivity (Wildman–Crippen MR) is 283 cm³/mol. The van der Waals surface area contributed by atoms with Gasteiger partial charge in [-0.2, -0.15) is 0 Å². The van der Waals surface area contributed by atoms with E-state index < -0.39 is 24.3 Å². The van der Waals surface area contributed by atoms with Gasteiger partial charge in [0.2, 0.25) is 0 Å². The van der Waals surface area contributed by atoms with Crippen LogP contribution in [0.2, 0.25) is 0 Å². The highest BCUT2D eigenvalue weighted by atomic mass is 16.7. The first-order valence-electron chi connectivity index (χ1n) is 29.3. The minimum absolute atomic E-state index is 0.149. The molecule has 0 aliphatic carbocycles. The van der Waals surface area contributed by atoms with E-state index in [9.17, 15) is 19.5 Å². The number of nitrogens with zero attached hydrogens (tertiary/aromatic N) is 1. The van der Waals surface area contributed by atoms with Crippen LogP contribution in [0.5, 0.6) is 0 Å². The summed E-state index contributed by atoms with van der Waals surface area (Å²) in [7, 11) is 5.92. The van der Waals surface area contributed by atoms with Crippen molar-refractivity contribution in [2.24, 2.45) is 0 Å². The average Bonchev–Trinajstić information content (AvgIpc) is 3.30. The summed E-state index contributed by atoms with van der Waals surface area (Å²) in [4.78, 5) is 37.2. The Morgan fingerprint density at radius 1 is 0.426 bits per heavy atom. The number of carboxylic acid groups (broad SMARTS) is 1. The number of allylic oxidation sites excluding steroid dienone is 2. The minimum Gasteiger partial charge on any atom is -0.545 e. The van der Waals surface area contributed by atoms with Crippen LogP contribution in [-0.4, -0.2) is 82.3 Å². The third-order valence-corrected chi connectivity index (χ3v) is 13.3. The van der Waals surface area contributed by atoms with E-state index in [1.54, 1.807) is 0 Å². The van der Waals surface area contributed by atoms with Crippen molar-refractivity contribution < 1.29 is 42.9 Å². The fraction of sp³-hybridized carbons (Fsp3) is 0.915. The van der Waals surface area contributed by atoms with E-state index in [2.05, 4.69) is 26.0 Å². The monoisotopic (exact) mass is 964 g/mol. The van der Waals surface area contributed by atoms with Gasteiger partial charge in [0.15, 0.2) is 12.4 Å². The second-order valence-corrected chi connectivity index (χ2v) is 21.3. The van der Waals surface area contributed by atoms with E-state index in [4.69, 9.17) is 18.9 Å². The Kier molecular flexibility index (Phi) is 49.9. The number of carbonyl (C=O) groups excluding carboxylic acids is 3. The van der Waals surface area contributed by atoms with Gasteiger partial charge in [-0.05, 0) is 38.5 Å². The normalized spacial score (nSPS) is 12.8. The molecule has 0 fully saturated rings. The molecule has 0 heterocycles. The van der Waals surface area contributed by atoms with Gasteiger partial charge in [0.25, 0.3) is 0 Å². The number of likely N-dealkylation sites (N-methyl/N-ethyl adjacent to an activating group) is 1. The lowest BCUT2D eigenvalue weighted by Crippen LogP contribution is -2.44. The average molecular weight is 965 g/mol. The Labute approximate surface area is 421 Å². The zero-order valence-electron chi connectivity index (χ0n) is 45.8. The summed E-state index contributed by atoms with van der Waals surface area (Å²) in [5.41, 5.74) is 0. The standard InChI is InChI=1S/C59H113NO8/c1-6-8-10-12-14-16-18-20-21-22-23-24-25-26-27-28-29-30-31-32-33-34-35-36-38-39-41-43-45-47-49-56(61)66-53-55(54-67-59(58(63)64)65-52-51-60(3,4)5)68-57(62)50-48-46-44-42-40-37-19-17-15-13-11-9-7-2/h17,19,55,59H,6-16,18,20-54H2,1-5H3/b19-17-. The van der Waals surface area contributed by atoms with Crippen molar-refractivity contribution in [3.63, 3.8) is 0 Å². The number of carboxylic acids is 1. The van der Waals surface area contributed by atoms with Crippen LogP contribution in [0.1, 0.15) is 290 Å². The molecule has 9 heteroatoms. The molecule has 0 radical (unpaired) electrons. The van der Waals surface area contributed by atoms with Crippen molar-refractivity contribution in [1.29, 1.82) is 0 Å². The fourth-order valence-electron chi connectivity index (χ4n) is 8.71. The summed E-state index contributed by atoms with van der Waals surface area (Å²) in [5.74, 6) is -2.27. The molecule has 0 saturated heterocycles. The molecule has 0 aliphatic heterocycles. The third kappa shape index (κ3) is 51.9. The van der Waals surface area contributed by atoms with E-state index >= 15 is 0 Å². The van der Waals surface area contributed by atoms with Crippen LogP contribution >= 0.6 is 0 Å². The number of quaternary nitrogens is 1. The van der Waals surface area contributed by atoms with Gasteiger partial charge < -0.3 is 33.3 Å². The fourth-order valence-corrected chi connectivity index (χ4v) is 8.71. The molecule has 0 aromatic carbocycles.